The number of likely N-dealkylation sites (tertiary alicyclic amines) is 1. The van der Waals surface area contributed by atoms with Crippen molar-refractivity contribution in [2.24, 2.45) is 0 Å². The van der Waals surface area contributed by atoms with Crippen LogP contribution in [0.5, 0.6) is 5.75 Å². The lowest BCUT2D eigenvalue weighted by molar-refractivity contribution is 0.240. The van der Waals surface area contributed by atoms with Crippen LogP contribution in [0.25, 0.3) is 0 Å². The van der Waals surface area contributed by atoms with Crippen LogP contribution in [0.2, 0.25) is 0 Å². The van der Waals surface area contributed by atoms with E-state index in [1.165, 1.54) is 24.7 Å². The van der Waals surface area contributed by atoms with Gasteiger partial charge in [-0.3, -0.25) is 4.90 Å². The predicted octanol–water partition coefficient (Wildman–Crippen LogP) is 3.58. The van der Waals surface area contributed by atoms with Gasteiger partial charge in [0.15, 0.2) is 11.6 Å². The van der Waals surface area contributed by atoms with Gasteiger partial charge in [-0.05, 0) is 43.4 Å². The smallest absolute Gasteiger partial charge is 0.186 e. The first-order valence-corrected chi connectivity index (χ1v) is 9.37. The monoisotopic (exact) mass is 356 g/mol. The lowest BCUT2D eigenvalue weighted by Crippen LogP contribution is -2.33. The summed E-state index contributed by atoms with van der Waals surface area (Å²) in [6, 6.07) is 9.15. The number of benzene rings is 1. The molecule has 26 heavy (non-hydrogen) atoms. The van der Waals surface area contributed by atoms with Crippen LogP contribution < -0.4 is 10.1 Å². The molecule has 2 heterocycles. The molecule has 138 valence electrons. The van der Waals surface area contributed by atoms with E-state index in [1.807, 2.05) is 19.1 Å². The molecule has 1 aromatic carbocycles. The number of aromatic nitrogens is 2. The molecule has 1 aliphatic carbocycles. The number of halogens is 1. The zero-order valence-corrected chi connectivity index (χ0v) is 15.3. The van der Waals surface area contributed by atoms with Crippen molar-refractivity contribution in [3.8, 4) is 5.75 Å². The molecule has 2 unspecified atom stereocenters. The molecule has 4 rings (SSSR count). The average Bonchev–Trinajstić information content (AvgIpc) is 3.44. The van der Waals surface area contributed by atoms with E-state index in [1.54, 1.807) is 7.11 Å². The quantitative estimate of drug-likeness (QED) is 0.857. The van der Waals surface area contributed by atoms with Crippen LogP contribution in [0.1, 0.15) is 43.5 Å². The van der Waals surface area contributed by atoms with E-state index in [-0.39, 0.29) is 17.9 Å². The fourth-order valence-electron chi connectivity index (χ4n) is 3.96. The Morgan fingerprint density at radius 2 is 2.12 bits per heavy atom. The van der Waals surface area contributed by atoms with E-state index >= 15 is 0 Å². The third kappa shape index (κ3) is 3.26. The van der Waals surface area contributed by atoms with Crippen LogP contribution in [0.15, 0.2) is 30.6 Å². The number of nitrogens with zero attached hydrogens (tertiary/aromatic N) is 3. The van der Waals surface area contributed by atoms with Gasteiger partial charge in [-0.15, -0.1) is 0 Å². The van der Waals surface area contributed by atoms with Gasteiger partial charge in [0, 0.05) is 18.6 Å². The summed E-state index contributed by atoms with van der Waals surface area (Å²) in [6.45, 7) is 2.91. The number of aryl methyl sites for hydroxylation is 1. The molecule has 0 bridgehead atoms. The van der Waals surface area contributed by atoms with Gasteiger partial charge in [-0.2, -0.15) is 0 Å². The van der Waals surface area contributed by atoms with Gasteiger partial charge < -0.3 is 10.1 Å². The summed E-state index contributed by atoms with van der Waals surface area (Å²) < 4.78 is 20.0. The Balaban J connectivity index is 1.64. The molecule has 2 atom stereocenters. The molecular formula is C20H25FN4O. The normalized spacial score (nSPS) is 23.2. The third-order valence-electron chi connectivity index (χ3n) is 5.41. The van der Waals surface area contributed by atoms with Crippen molar-refractivity contribution in [3.63, 3.8) is 0 Å². The second-order valence-corrected chi connectivity index (χ2v) is 7.07. The molecule has 0 spiro atoms. The molecule has 0 radical (unpaired) electrons. The highest BCUT2D eigenvalue weighted by atomic mass is 19.1. The van der Waals surface area contributed by atoms with Crippen LogP contribution in [-0.4, -0.2) is 40.6 Å². The van der Waals surface area contributed by atoms with Crippen molar-refractivity contribution in [3.05, 3.63) is 47.7 Å². The Hall–Kier alpha value is -2.21. The van der Waals surface area contributed by atoms with Crippen LogP contribution >= 0.6 is 0 Å². The van der Waals surface area contributed by atoms with Gasteiger partial charge in [-0.1, -0.05) is 19.1 Å². The molecule has 2 aliphatic rings. The van der Waals surface area contributed by atoms with Gasteiger partial charge in [0.05, 0.1) is 18.8 Å². The molecule has 1 saturated carbocycles. The van der Waals surface area contributed by atoms with Crippen LogP contribution in [0.3, 0.4) is 0 Å². The Morgan fingerprint density at radius 3 is 2.85 bits per heavy atom. The zero-order chi connectivity index (χ0) is 18.1. The lowest BCUT2D eigenvalue weighted by Gasteiger charge is -2.29. The first kappa shape index (κ1) is 17.2. The van der Waals surface area contributed by atoms with Crippen molar-refractivity contribution in [1.82, 2.24) is 14.9 Å². The summed E-state index contributed by atoms with van der Waals surface area (Å²) >= 11 is 0. The summed E-state index contributed by atoms with van der Waals surface area (Å²) in [6.07, 6.45) is 5.45. The highest BCUT2D eigenvalue weighted by Crippen LogP contribution is 2.42. The fraction of sp³-hybridized carbons (Fsp3) is 0.500. The summed E-state index contributed by atoms with van der Waals surface area (Å²) in [5.41, 5.74) is 1.66. The van der Waals surface area contributed by atoms with Crippen molar-refractivity contribution in [2.75, 3.05) is 19.0 Å². The minimum atomic E-state index is -0.329. The number of hydrogen-bond acceptors (Lipinski definition) is 5. The fourth-order valence-corrected chi connectivity index (χ4v) is 3.96. The van der Waals surface area contributed by atoms with Crippen molar-refractivity contribution in [1.29, 1.82) is 0 Å². The highest BCUT2D eigenvalue weighted by Gasteiger charge is 2.43. The average molecular weight is 356 g/mol. The molecule has 1 aromatic heterocycles. The Labute approximate surface area is 153 Å². The van der Waals surface area contributed by atoms with Crippen LogP contribution in [0, 0.1) is 5.82 Å². The molecule has 1 saturated heterocycles. The molecule has 6 heteroatoms. The second kappa shape index (κ2) is 7.19. The predicted molar refractivity (Wildman–Crippen MR) is 98.9 cm³/mol. The zero-order valence-electron chi connectivity index (χ0n) is 15.3. The van der Waals surface area contributed by atoms with Crippen LogP contribution in [-0.2, 0) is 6.42 Å². The van der Waals surface area contributed by atoms with Gasteiger partial charge in [0.2, 0.25) is 0 Å². The highest BCUT2D eigenvalue weighted by molar-refractivity contribution is 5.41. The topological polar surface area (TPSA) is 50.3 Å². The summed E-state index contributed by atoms with van der Waals surface area (Å²) in [7, 11) is 1.69. The largest absolute Gasteiger partial charge is 0.497 e. The van der Waals surface area contributed by atoms with E-state index in [4.69, 9.17) is 4.74 Å². The number of hydrogen-bond donors (Lipinski definition) is 1. The molecule has 5 nitrogen and oxygen atoms in total. The maximum atomic E-state index is 14.6. The molecule has 1 N–H and O–H groups in total. The standard InChI is InChI=1S/C20H25FN4O/c1-3-16-18(21)20(23-12-22-16)24-17-9-10-25(14-7-8-14)19(17)13-5-4-6-15(11-13)26-2/h4-6,11-12,14,17,19H,3,7-10H2,1-2H3,(H,22,23,24). The summed E-state index contributed by atoms with van der Waals surface area (Å²) in [5.74, 6) is 0.835. The van der Waals surface area contributed by atoms with Gasteiger partial charge in [0.1, 0.15) is 12.1 Å². The maximum Gasteiger partial charge on any atom is 0.186 e. The second-order valence-electron chi connectivity index (χ2n) is 7.07. The van der Waals surface area contributed by atoms with E-state index in [0.29, 0.717) is 24.0 Å². The number of methoxy groups -OCH3 is 1. The van der Waals surface area contributed by atoms with Crippen molar-refractivity contribution in [2.45, 2.75) is 50.7 Å². The first-order chi connectivity index (χ1) is 12.7. The molecule has 2 fully saturated rings. The Kier molecular flexibility index (Phi) is 4.76. The Morgan fingerprint density at radius 1 is 1.27 bits per heavy atom. The number of rotatable bonds is 6. The molecule has 2 aromatic rings. The molecule has 0 amide bonds. The van der Waals surface area contributed by atoms with Gasteiger partial charge in [-0.25, -0.2) is 14.4 Å². The van der Waals surface area contributed by atoms with Crippen LogP contribution in [0.4, 0.5) is 10.2 Å². The van der Waals surface area contributed by atoms with E-state index < -0.39 is 0 Å². The third-order valence-corrected chi connectivity index (χ3v) is 5.41. The van der Waals surface area contributed by atoms with Gasteiger partial charge >= 0.3 is 0 Å². The minimum absolute atomic E-state index is 0.108. The number of ether oxygens (including phenoxy) is 1. The van der Waals surface area contributed by atoms with Gasteiger partial charge in [0.25, 0.3) is 0 Å². The number of nitrogens with one attached hydrogen (secondary N) is 1. The Bertz CT molecular complexity index is 780. The molecule has 1 aliphatic heterocycles. The molecular weight excluding hydrogens is 331 g/mol. The van der Waals surface area contributed by atoms with E-state index in [9.17, 15) is 4.39 Å². The summed E-state index contributed by atoms with van der Waals surface area (Å²) in [4.78, 5) is 10.7. The number of anilines is 1. The van der Waals surface area contributed by atoms with Crippen molar-refractivity contribution < 1.29 is 9.13 Å². The lowest BCUT2D eigenvalue weighted by atomic mass is 9.99. The SMILES string of the molecule is CCc1ncnc(NC2CCN(C3CC3)C2c2cccc(OC)c2)c1F. The summed E-state index contributed by atoms with van der Waals surface area (Å²) in [5, 5.41) is 3.37. The first-order valence-electron chi connectivity index (χ1n) is 9.37. The van der Waals surface area contributed by atoms with E-state index in [2.05, 4.69) is 32.3 Å². The maximum absolute atomic E-state index is 14.6. The van der Waals surface area contributed by atoms with E-state index in [0.717, 1.165) is 18.7 Å². The minimum Gasteiger partial charge on any atom is -0.497 e. The van der Waals surface area contributed by atoms with Crippen molar-refractivity contribution >= 4 is 5.82 Å².